The van der Waals surface area contributed by atoms with E-state index in [0.29, 0.717) is 34.1 Å². The summed E-state index contributed by atoms with van der Waals surface area (Å²) in [5.74, 6) is 1.57. The van der Waals surface area contributed by atoms with E-state index in [9.17, 15) is 14.9 Å². The number of hydrogen-bond acceptors (Lipinski definition) is 14. The number of aryl methyl sites for hydroxylation is 1. The lowest BCUT2D eigenvalue weighted by Crippen LogP contribution is -2.20. The number of nitro benzene ring substituents is 1. The Morgan fingerprint density at radius 2 is 2.24 bits per heavy atom. The number of nitrogens with one attached hydrogen (secondary N) is 1. The number of anilines is 1. The zero-order chi connectivity index (χ0) is 26.6. The standard InChI is InChI=1S/C21H18N10O5S2/c1-11-8-12(31(33)34)2-4-14(11)16-5-3-13(35-16)9-24-26-20(32)17-15(10-38-21-23-6-7-37-21)30(29-25-17)19-18(22)27-36-28-19/h2-5,8-9H,6-7,10H2,1H3,(H2,22,27)(H,26,32)/b24-9+. The molecule has 0 unspecified atom stereocenters. The van der Waals surface area contributed by atoms with Crippen molar-refractivity contribution in [2.45, 2.75) is 12.7 Å². The highest BCUT2D eigenvalue weighted by atomic mass is 32.2. The second-order valence-electron chi connectivity index (χ2n) is 7.71. The van der Waals surface area contributed by atoms with E-state index in [-0.39, 0.29) is 23.0 Å². The fraction of sp³-hybridized carbons (Fsp3) is 0.190. The molecule has 194 valence electrons. The Morgan fingerprint density at radius 1 is 1.37 bits per heavy atom. The van der Waals surface area contributed by atoms with Crippen LogP contribution in [0.2, 0.25) is 0 Å². The molecular weight excluding hydrogens is 536 g/mol. The molecule has 15 nitrogen and oxygen atoms in total. The lowest BCUT2D eigenvalue weighted by molar-refractivity contribution is -0.384. The van der Waals surface area contributed by atoms with E-state index in [2.05, 4.69) is 40.8 Å². The van der Waals surface area contributed by atoms with Crippen LogP contribution in [0.5, 0.6) is 0 Å². The van der Waals surface area contributed by atoms with Crippen LogP contribution in [0.15, 0.2) is 49.5 Å². The summed E-state index contributed by atoms with van der Waals surface area (Å²) in [6, 6.07) is 7.85. The first-order valence-electron chi connectivity index (χ1n) is 10.9. The second kappa shape index (κ2) is 10.9. The molecule has 5 rings (SSSR count). The average molecular weight is 555 g/mol. The fourth-order valence-electron chi connectivity index (χ4n) is 3.46. The molecule has 1 aliphatic rings. The molecule has 0 fully saturated rings. The van der Waals surface area contributed by atoms with Gasteiger partial charge in [-0.05, 0) is 41.0 Å². The van der Waals surface area contributed by atoms with Gasteiger partial charge in [0.25, 0.3) is 11.6 Å². The van der Waals surface area contributed by atoms with Crippen LogP contribution in [0, 0.1) is 17.0 Å². The normalized spacial score (nSPS) is 13.2. The summed E-state index contributed by atoms with van der Waals surface area (Å²) in [7, 11) is 0. The van der Waals surface area contributed by atoms with E-state index in [4.69, 9.17) is 10.2 Å². The summed E-state index contributed by atoms with van der Waals surface area (Å²) in [5.41, 5.74) is 10.0. The Balaban J connectivity index is 1.31. The summed E-state index contributed by atoms with van der Waals surface area (Å²) in [6.07, 6.45) is 1.32. The van der Waals surface area contributed by atoms with Crippen LogP contribution in [0.1, 0.15) is 27.5 Å². The van der Waals surface area contributed by atoms with Crippen molar-refractivity contribution in [3.05, 3.63) is 63.2 Å². The number of rotatable bonds is 8. The number of furan rings is 1. The topological polar surface area (TPSA) is 206 Å². The van der Waals surface area contributed by atoms with Gasteiger partial charge >= 0.3 is 0 Å². The minimum absolute atomic E-state index is 0.00408. The van der Waals surface area contributed by atoms with Gasteiger partial charge in [-0.2, -0.15) is 9.78 Å². The lowest BCUT2D eigenvalue weighted by Gasteiger charge is -2.05. The third kappa shape index (κ3) is 5.28. The molecule has 17 heteroatoms. The van der Waals surface area contributed by atoms with E-state index in [1.807, 2.05) is 0 Å². The summed E-state index contributed by atoms with van der Waals surface area (Å²) < 4.78 is 12.6. The zero-order valence-electron chi connectivity index (χ0n) is 19.6. The molecular formula is C21H18N10O5S2. The van der Waals surface area contributed by atoms with E-state index in [1.54, 1.807) is 36.9 Å². The molecule has 0 radical (unpaired) electrons. The molecule has 4 aromatic rings. The lowest BCUT2D eigenvalue weighted by atomic mass is 10.1. The number of thioether (sulfide) groups is 2. The van der Waals surface area contributed by atoms with Crippen molar-refractivity contribution >= 4 is 51.5 Å². The van der Waals surface area contributed by atoms with E-state index in [0.717, 1.165) is 16.7 Å². The van der Waals surface area contributed by atoms with Crippen molar-refractivity contribution in [3.8, 4) is 17.1 Å². The number of aromatic nitrogens is 5. The SMILES string of the molecule is Cc1cc([N+](=O)[O-])ccc1-c1ccc(/C=N/NC(=O)c2nnn(-c3nonc3N)c2CSC2=NCCS2)o1. The van der Waals surface area contributed by atoms with Crippen LogP contribution in [0.4, 0.5) is 11.5 Å². The van der Waals surface area contributed by atoms with E-state index < -0.39 is 10.8 Å². The second-order valence-corrected chi connectivity index (χ2v) is 10.0. The maximum absolute atomic E-state index is 12.9. The van der Waals surface area contributed by atoms with Gasteiger partial charge in [-0.25, -0.2) is 10.1 Å². The quantitative estimate of drug-likeness (QED) is 0.183. The first-order valence-corrected chi connectivity index (χ1v) is 12.9. The summed E-state index contributed by atoms with van der Waals surface area (Å²) in [6.45, 7) is 2.49. The Kier molecular flexibility index (Phi) is 7.18. The van der Waals surface area contributed by atoms with Crippen LogP contribution < -0.4 is 11.2 Å². The number of nitro groups is 1. The molecule has 4 heterocycles. The van der Waals surface area contributed by atoms with Crippen molar-refractivity contribution < 1.29 is 18.8 Å². The number of aliphatic imine (C=N–C) groups is 1. The molecule has 0 bridgehead atoms. The van der Waals surface area contributed by atoms with Crippen LogP contribution in [-0.2, 0) is 5.75 Å². The predicted octanol–water partition coefficient (Wildman–Crippen LogP) is 2.81. The Morgan fingerprint density at radius 3 is 2.95 bits per heavy atom. The number of amides is 1. The monoisotopic (exact) mass is 554 g/mol. The molecule has 0 atom stereocenters. The predicted molar refractivity (Wildman–Crippen MR) is 140 cm³/mol. The number of hydrogen-bond donors (Lipinski definition) is 2. The van der Waals surface area contributed by atoms with Gasteiger partial charge in [-0.15, -0.1) is 5.10 Å². The van der Waals surface area contributed by atoms with Gasteiger partial charge in [0.2, 0.25) is 11.6 Å². The number of nitrogen functional groups attached to an aromatic ring is 1. The van der Waals surface area contributed by atoms with Gasteiger partial charge in [0.15, 0.2) is 5.69 Å². The van der Waals surface area contributed by atoms with Crippen LogP contribution >= 0.6 is 23.5 Å². The Bertz CT molecular complexity index is 1570. The van der Waals surface area contributed by atoms with Crippen LogP contribution in [-0.4, -0.2) is 59.0 Å². The molecule has 0 aliphatic carbocycles. The van der Waals surface area contributed by atoms with E-state index in [1.165, 1.54) is 34.8 Å². The highest BCUT2D eigenvalue weighted by Crippen LogP contribution is 2.29. The van der Waals surface area contributed by atoms with Crippen molar-refractivity contribution in [1.82, 2.24) is 30.7 Å². The van der Waals surface area contributed by atoms with Crippen LogP contribution in [0.3, 0.4) is 0 Å². The third-order valence-electron chi connectivity index (χ3n) is 5.24. The van der Waals surface area contributed by atoms with Gasteiger partial charge in [0.05, 0.1) is 23.4 Å². The highest BCUT2D eigenvalue weighted by Gasteiger charge is 2.25. The summed E-state index contributed by atoms with van der Waals surface area (Å²) in [4.78, 5) is 27.8. The number of carbonyl (C=O) groups is 1. The fourth-order valence-corrected chi connectivity index (χ4v) is 5.46. The molecule has 1 amide bonds. The number of benzene rings is 1. The molecule has 38 heavy (non-hydrogen) atoms. The number of carbonyl (C=O) groups excluding carboxylic acids is 1. The molecule has 0 spiro atoms. The number of hydrazone groups is 1. The van der Waals surface area contributed by atoms with Crippen molar-refractivity contribution in [1.29, 1.82) is 0 Å². The molecule has 0 saturated carbocycles. The molecule has 3 N–H and O–H groups in total. The molecule has 1 aliphatic heterocycles. The smallest absolute Gasteiger partial charge is 0.293 e. The molecule has 0 saturated heterocycles. The minimum Gasteiger partial charge on any atom is -0.455 e. The van der Waals surface area contributed by atoms with Gasteiger partial charge in [0, 0.05) is 29.2 Å². The van der Waals surface area contributed by atoms with Crippen LogP contribution in [0.25, 0.3) is 17.1 Å². The minimum atomic E-state index is -0.614. The molecule has 3 aromatic heterocycles. The van der Waals surface area contributed by atoms with Crippen molar-refractivity contribution in [2.24, 2.45) is 10.1 Å². The van der Waals surface area contributed by atoms with Gasteiger partial charge in [0.1, 0.15) is 15.9 Å². The van der Waals surface area contributed by atoms with Gasteiger partial charge in [-0.3, -0.25) is 19.9 Å². The third-order valence-corrected chi connectivity index (χ3v) is 7.50. The Labute approximate surface area is 222 Å². The number of non-ortho nitro benzene ring substituents is 1. The summed E-state index contributed by atoms with van der Waals surface area (Å²) in [5, 5.41) is 30.2. The van der Waals surface area contributed by atoms with Gasteiger partial charge < -0.3 is 10.2 Å². The Hall–Kier alpha value is -4.51. The van der Waals surface area contributed by atoms with E-state index >= 15 is 0 Å². The van der Waals surface area contributed by atoms with Gasteiger partial charge in [-0.1, -0.05) is 28.7 Å². The first-order chi connectivity index (χ1) is 18.4. The van der Waals surface area contributed by atoms with Crippen molar-refractivity contribution in [3.63, 3.8) is 0 Å². The molecule has 1 aromatic carbocycles. The maximum Gasteiger partial charge on any atom is 0.293 e. The average Bonchev–Trinajstić information content (AvgIpc) is 3.70. The zero-order valence-corrected chi connectivity index (χ0v) is 21.2. The van der Waals surface area contributed by atoms with Crippen molar-refractivity contribution in [2.75, 3.05) is 18.0 Å². The largest absolute Gasteiger partial charge is 0.455 e. The summed E-state index contributed by atoms with van der Waals surface area (Å²) >= 11 is 3.06. The number of nitrogens with zero attached hydrogens (tertiary/aromatic N) is 8. The number of nitrogens with two attached hydrogens (primary N) is 1. The highest BCUT2D eigenvalue weighted by molar-refractivity contribution is 8.38. The first kappa shape index (κ1) is 25.2. The maximum atomic E-state index is 12.9.